The molecule has 0 aliphatic carbocycles. The van der Waals surface area contributed by atoms with Gasteiger partial charge in [0.15, 0.2) is 0 Å². The molecule has 1 aromatic carbocycles. The predicted octanol–water partition coefficient (Wildman–Crippen LogP) is 3.21. The fraction of sp³-hybridized carbons (Fsp3) is 0.333. The molecule has 2 aromatic rings. The summed E-state index contributed by atoms with van der Waals surface area (Å²) in [5.74, 6) is -1.09. The number of phenolic OH excluding ortho intramolecular Hbond substituents is 1. The van der Waals surface area contributed by atoms with Crippen LogP contribution in [-0.4, -0.2) is 32.9 Å². The van der Waals surface area contributed by atoms with E-state index in [1.807, 2.05) is 20.8 Å². The van der Waals surface area contributed by atoms with Crippen molar-refractivity contribution >= 4 is 22.9 Å². The number of thiazole rings is 1. The fourth-order valence-corrected chi connectivity index (χ4v) is 3.35. The maximum Gasteiger partial charge on any atom is 0.311 e. The summed E-state index contributed by atoms with van der Waals surface area (Å²) < 4.78 is 0. The third-order valence-corrected chi connectivity index (χ3v) is 4.91. The van der Waals surface area contributed by atoms with Crippen LogP contribution in [0.25, 0.3) is 0 Å². The smallest absolute Gasteiger partial charge is 0.311 e. The average Bonchev–Trinajstić information content (AvgIpc) is 2.83. The van der Waals surface area contributed by atoms with Crippen LogP contribution in [0.5, 0.6) is 5.75 Å². The van der Waals surface area contributed by atoms with E-state index < -0.39 is 22.3 Å². The Hall–Kier alpha value is -2.48. The molecule has 0 aliphatic heterocycles. The lowest BCUT2D eigenvalue weighted by Gasteiger charge is -2.24. The Balaban J connectivity index is 2.35. The number of phenols is 1. The molecule has 1 amide bonds. The van der Waals surface area contributed by atoms with Crippen molar-refractivity contribution in [3.63, 3.8) is 0 Å². The van der Waals surface area contributed by atoms with Gasteiger partial charge in [0.05, 0.1) is 27.2 Å². The first-order valence-corrected chi connectivity index (χ1v) is 7.73. The molecule has 0 spiro atoms. The van der Waals surface area contributed by atoms with Gasteiger partial charge in [-0.1, -0.05) is 6.07 Å². The van der Waals surface area contributed by atoms with E-state index in [-0.39, 0.29) is 11.6 Å². The highest BCUT2D eigenvalue weighted by molar-refractivity contribution is 7.11. The summed E-state index contributed by atoms with van der Waals surface area (Å²) in [6.45, 7) is 5.62. The Kier molecular flexibility index (Phi) is 4.65. The van der Waals surface area contributed by atoms with Crippen LogP contribution in [0.4, 0.5) is 5.69 Å². The first-order valence-electron chi connectivity index (χ1n) is 6.91. The quantitative estimate of drug-likeness (QED) is 0.683. The number of carbonyl (C=O) groups excluding carboxylic acids is 1. The summed E-state index contributed by atoms with van der Waals surface area (Å²) >= 11 is 1.50. The van der Waals surface area contributed by atoms with Crippen molar-refractivity contribution in [2.75, 3.05) is 7.05 Å². The lowest BCUT2D eigenvalue weighted by atomic mass is 10.1. The number of amides is 1. The largest absolute Gasteiger partial charge is 0.502 e. The van der Waals surface area contributed by atoms with Crippen molar-refractivity contribution in [1.82, 2.24) is 9.88 Å². The summed E-state index contributed by atoms with van der Waals surface area (Å²) in [4.78, 5) is 29.5. The van der Waals surface area contributed by atoms with E-state index in [9.17, 15) is 20.0 Å². The zero-order valence-corrected chi connectivity index (χ0v) is 14.0. The van der Waals surface area contributed by atoms with Crippen LogP contribution in [0.1, 0.15) is 38.9 Å². The summed E-state index contributed by atoms with van der Waals surface area (Å²) in [6, 6.07) is 3.66. The Bertz CT molecular complexity index is 772. The molecule has 1 heterocycles. The van der Waals surface area contributed by atoms with Gasteiger partial charge in [0.2, 0.25) is 5.75 Å². The van der Waals surface area contributed by atoms with E-state index in [0.717, 1.165) is 21.6 Å². The SMILES string of the molecule is Cc1nc(C)c([C@H](C)N(C)C(=O)c2cccc([N+](=O)[O-])c2O)s1. The molecular weight excluding hydrogens is 318 g/mol. The minimum Gasteiger partial charge on any atom is -0.502 e. The Morgan fingerprint density at radius 1 is 1.43 bits per heavy atom. The fourth-order valence-electron chi connectivity index (χ4n) is 2.33. The molecular formula is C15H17N3O4S. The zero-order valence-electron chi connectivity index (χ0n) is 13.2. The third kappa shape index (κ3) is 3.16. The summed E-state index contributed by atoms with van der Waals surface area (Å²) in [5.41, 5.74) is 0.275. The van der Waals surface area contributed by atoms with Crippen molar-refractivity contribution < 1.29 is 14.8 Å². The topological polar surface area (TPSA) is 96.6 Å². The molecule has 0 radical (unpaired) electrons. The molecule has 0 unspecified atom stereocenters. The highest BCUT2D eigenvalue weighted by Crippen LogP contribution is 2.33. The van der Waals surface area contributed by atoms with Gasteiger partial charge in [-0.15, -0.1) is 11.3 Å². The first kappa shape index (κ1) is 16.9. The minimum absolute atomic E-state index is 0.0903. The number of hydrogen-bond donors (Lipinski definition) is 1. The lowest BCUT2D eigenvalue weighted by molar-refractivity contribution is -0.385. The molecule has 8 heteroatoms. The van der Waals surface area contributed by atoms with E-state index in [1.54, 1.807) is 7.05 Å². The van der Waals surface area contributed by atoms with Gasteiger partial charge in [-0.05, 0) is 26.8 Å². The molecule has 1 N–H and O–H groups in total. The molecule has 7 nitrogen and oxygen atoms in total. The Morgan fingerprint density at radius 3 is 2.61 bits per heavy atom. The van der Waals surface area contributed by atoms with Gasteiger partial charge >= 0.3 is 5.69 Å². The number of nitro groups is 1. The molecule has 0 bridgehead atoms. The lowest BCUT2D eigenvalue weighted by Crippen LogP contribution is -2.29. The van der Waals surface area contributed by atoms with Gasteiger partial charge < -0.3 is 10.0 Å². The molecule has 0 saturated carbocycles. The van der Waals surface area contributed by atoms with Gasteiger partial charge in [0.1, 0.15) is 0 Å². The standard InChI is InChI=1S/C15H17N3O4S/c1-8-14(23-10(3)16-8)9(2)17(4)15(20)11-6-5-7-12(13(11)19)18(21)22/h5-7,9,19H,1-4H3/t9-/m0/s1. The third-order valence-electron chi connectivity index (χ3n) is 3.66. The number of nitrogens with zero attached hydrogens (tertiary/aromatic N) is 3. The number of benzene rings is 1. The molecule has 0 fully saturated rings. The van der Waals surface area contributed by atoms with E-state index in [4.69, 9.17) is 0 Å². The number of hydrogen-bond acceptors (Lipinski definition) is 6. The van der Waals surface area contributed by atoms with Crippen molar-refractivity contribution in [2.24, 2.45) is 0 Å². The summed E-state index contributed by atoms with van der Waals surface area (Å²) in [6.07, 6.45) is 0. The van der Waals surface area contributed by atoms with Crippen LogP contribution in [0.15, 0.2) is 18.2 Å². The molecule has 2 rings (SSSR count). The van der Waals surface area contributed by atoms with Crippen molar-refractivity contribution in [1.29, 1.82) is 0 Å². The second-order valence-electron chi connectivity index (χ2n) is 5.20. The van der Waals surface area contributed by atoms with Crippen molar-refractivity contribution in [3.8, 4) is 5.75 Å². The predicted molar refractivity (Wildman–Crippen MR) is 86.9 cm³/mol. The molecule has 0 aliphatic rings. The van der Waals surface area contributed by atoms with E-state index in [1.165, 1.54) is 28.4 Å². The maximum atomic E-state index is 12.6. The highest BCUT2D eigenvalue weighted by Gasteiger charge is 2.27. The summed E-state index contributed by atoms with van der Waals surface area (Å²) in [7, 11) is 1.60. The first-order chi connectivity index (χ1) is 10.7. The molecule has 1 aromatic heterocycles. The number of aromatic hydroxyl groups is 1. The van der Waals surface area contributed by atoms with Crippen molar-refractivity contribution in [2.45, 2.75) is 26.8 Å². The van der Waals surface area contributed by atoms with Gasteiger partial charge in [0.25, 0.3) is 5.91 Å². The van der Waals surface area contributed by atoms with Gasteiger partial charge in [-0.3, -0.25) is 14.9 Å². The monoisotopic (exact) mass is 335 g/mol. The van der Waals surface area contributed by atoms with Crippen LogP contribution >= 0.6 is 11.3 Å². The average molecular weight is 335 g/mol. The van der Waals surface area contributed by atoms with Gasteiger partial charge in [-0.25, -0.2) is 4.98 Å². The second-order valence-corrected chi connectivity index (χ2v) is 6.44. The van der Waals surface area contributed by atoms with Crippen LogP contribution in [0.2, 0.25) is 0 Å². The highest BCUT2D eigenvalue weighted by atomic mass is 32.1. The van der Waals surface area contributed by atoms with Gasteiger partial charge in [0, 0.05) is 18.0 Å². The number of para-hydroxylation sites is 1. The second kappa shape index (κ2) is 6.33. The van der Waals surface area contributed by atoms with Crippen LogP contribution in [0.3, 0.4) is 0 Å². The molecule has 122 valence electrons. The zero-order chi connectivity index (χ0) is 17.3. The van der Waals surface area contributed by atoms with Crippen LogP contribution in [0, 0.1) is 24.0 Å². The van der Waals surface area contributed by atoms with Crippen LogP contribution < -0.4 is 0 Å². The Labute approximate surface area is 137 Å². The number of rotatable bonds is 4. The number of aryl methyl sites for hydroxylation is 2. The normalized spacial score (nSPS) is 12.0. The van der Waals surface area contributed by atoms with E-state index >= 15 is 0 Å². The molecule has 23 heavy (non-hydrogen) atoms. The number of carbonyl (C=O) groups is 1. The van der Waals surface area contributed by atoms with E-state index in [0.29, 0.717) is 0 Å². The molecule has 0 saturated heterocycles. The minimum atomic E-state index is -0.716. The molecule has 1 atom stereocenters. The maximum absolute atomic E-state index is 12.6. The number of nitro benzene ring substituents is 1. The van der Waals surface area contributed by atoms with E-state index in [2.05, 4.69) is 4.98 Å². The van der Waals surface area contributed by atoms with Crippen molar-refractivity contribution in [3.05, 3.63) is 49.5 Å². The van der Waals surface area contributed by atoms with Crippen LogP contribution in [-0.2, 0) is 0 Å². The summed E-state index contributed by atoms with van der Waals surface area (Å²) in [5, 5.41) is 21.8. The Morgan fingerprint density at radius 2 is 2.09 bits per heavy atom. The van der Waals surface area contributed by atoms with Gasteiger partial charge in [-0.2, -0.15) is 0 Å². The number of aromatic nitrogens is 1.